The summed E-state index contributed by atoms with van der Waals surface area (Å²) in [5.74, 6) is 1.57. The summed E-state index contributed by atoms with van der Waals surface area (Å²) < 4.78 is 0. The number of rotatable bonds is 11. The molecule has 2 aliphatic rings. The minimum absolute atomic E-state index is 0.285. The van der Waals surface area contributed by atoms with E-state index in [1.807, 2.05) is 0 Å². The Morgan fingerprint density at radius 1 is 1.28 bits per heavy atom. The number of aliphatic imine (C=N–C) groups is 2. The topological polar surface area (TPSA) is 66.0 Å². The Bertz CT molecular complexity index is 631. The molecule has 2 atom stereocenters. The van der Waals surface area contributed by atoms with Crippen molar-refractivity contribution >= 4 is 11.5 Å². The van der Waals surface area contributed by atoms with Gasteiger partial charge >= 0.3 is 0 Å². The van der Waals surface area contributed by atoms with Gasteiger partial charge in [-0.05, 0) is 56.6 Å². The van der Waals surface area contributed by atoms with Crippen molar-refractivity contribution in [3.63, 3.8) is 0 Å². The van der Waals surface area contributed by atoms with Crippen molar-refractivity contribution in [3.8, 4) is 0 Å². The van der Waals surface area contributed by atoms with E-state index in [1.54, 1.807) is 0 Å². The lowest BCUT2D eigenvalue weighted by Crippen LogP contribution is -2.47. The largest absolute Gasteiger partial charge is 0.401 e. The van der Waals surface area contributed by atoms with Gasteiger partial charge in [-0.15, -0.1) is 0 Å². The summed E-state index contributed by atoms with van der Waals surface area (Å²) in [7, 11) is 0. The number of piperidine rings is 1. The minimum atomic E-state index is 0.285. The second-order valence-electron chi connectivity index (χ2n) is 8.43. The molecule has 0 saturated carbocycles. The van der Waals surface area contributed by atoms with Gasteiger partial charge in [0.05, 0.1) is 12.3 Å². The molecule has 2 heterocycles. The van der Waals surface area contributed by atoms with Gasteiger partial charge in [0.2, 0.25) is 0 Å². The molecular formula is C24H43N5. The molecule has 0 aromatic carbocycles. The molecule has 0 aromatic rings. The van der Waals surface area contributed by atoms with Crippen LogP contribution in [-0.2, 0) is 0 Å². The number of likely N-dealkylation sites (tertiary alicyclic amines) is 1. The monoisotopic (exact) mass is 401 g/mol. The second-order valence-corrected chi connectivity index (χ2v) is 8.43. The second kappa shape index (κ2) is 12.2. The molecule has 0 aliphatic carbocycles. The van der Waals surface area contributed by atoms with Crippen LogP contribution in [0.15, 0.2) is 33.5 Å². The first-order valence-corrected chi connectivity index (χ1v) is 11.8. The molecule has 2 aliphatic heterocycles. The molecular weight excluding hydrogens is 358 g/mol. The molecule has 5 heteroatoms. The smallest absolute Gasteiger partial charge is 0.147 e. The maximum atomic E-state index is 6.17. The summed E-state index contributed by atoms with van der Waals surface area (Å²) in [6.07, 6.45) is 9.15. The third kappa shape index (κ3) is 6.43. The lowest BCUT2D eigenvalue weighted by atomic mass is 9.88. The Hall–Kier alpha value is -1.62. The molecule has 0 amide bonds. The maximum Gasteiger partial charge on any atom is 0.147 e. The molecule has 0 spiro atoms. The molecule has 29 heavy (non-hydrogen) atoms. The van der Waals surface area contributed by atoms with E-state index in [0.29, 0.717) is 5.92 Å². The Morgan fingerprint density at radius 3 is 2.69 bits per heavy atom. The highest BCUT2D eigenvalue weighted by atomic mass is 15.2. The molecule has 1 saturated heterocycles. The quantitative estimate of drug-likeness (QED) is 0.495. The fraction of sp³-hybridized carbons (Fsp3) is 0.750. The lowest BCUT2D eigenvalue weighted by molar-refractivity contribution is 0.183. The van der Waals surface area contributed by atoms with Crippen molar-refractivity contribution in [1.82, 2.24) is 10.2 Å². The Morgan fingerprint density at radius 2 is 2.07 bits per heavy atom. The van der Waals surface area contributed by atoms with Gasteiger partial charge in [0.15, 0.2) is 0 Å². The Labute approximate surface area is 178 Å². The summed E-state index contributed by atoms with van der Waals surface area (Å²) >= 11 is 0. The normalized spacial score (nSPS) is 22.3. The Balaban J connectivity index is 2.30. The molecule has 2 unspecified atom stereocenters. The van der Waals surface area contributed by atoms with Gasteiger partial charge in [-0.25, -0.2) is 0 Å². The van der Waals surface area contributed by atoms with Crippen molar-refractivity contribution in [2.24, 2.45) is 21.6 Å². The average Bonchev–Trinajstić information content (AvgIpc) is 2.73. The zero-order chi connectivity index (χ0) is 21.2. The van der Waals surface area contributed by atoms with Crippen molar-refractivity contribution in [3.05, 3.63) is 23.5 Å². The summed E-state index contributed by atoms with van der Waals surface area (Å²) in [6, 6.07) is 0.285. The molecule has 0 radical (unpaired) electrons. The molecule has 5 nitrogen and oxygen atoms in total. The van der Waals surface area contributed by atoms with Crippen LogP contribution in [0.2, 0.25) is 0 Å². The molecule has 0 bridgehead atoms. The minimum Gasteiger partial charge on any atom is -0.401 e. The van der Waals surface area contributed by atoms with Crippen LogP contribution in [0, 0.1) is 5.92 Å². The standard InChI is InChI=1S/C24H43N5/c1-6-12-19(8-3)20-16-27-24(21(9-4)26-14-7-2)28-22(20)17-29-15-11-10-13-23(29)18(5)25/h19,23H,5-17,25H2,1-4H3,(H,27,28)/b26-21+. The van der Waals surface area contributed by atoms with Crippen molar-refractivity contribution in [1.29, 1.82) is 0 Å². The highest BCUT2D eigenvalue weighted by Crippen LogP contribution is 2.28. The van der Waals surface area contributed by atoms with Crippen LogP contribution in [0.1, 0.15) is 79.1 Å². The summed E-state index contributed by atoms with van der Waals surface area (Å²) in [5.41, 5.74) is 10.9. The van der Waals surface area contributed by atoms with E-state index >= 15 is 0 Å². The van der Waals surface area contributed by atoms with Gasteiger partial charge < -0.3 is 11.1 Å². The van der Waals surface area contributed by atoms with Gasteiger partial charge in [0.25, 0.3) is 0 Å². The first-order valence-electron chi connectivity index (χ1n) is 11.8. The van der Waals surface area contributed by atoms with E-state index < -0.39 is 0 Å². The van der Waals surface area contributed by atoms with Crippen LogP contribution in [-0.4, -0.2) is 48.7 Å². The fourth-order valence-corrected chi connectivity index (χ4v) is 4.58. The van der Waals surface area contributed by atoms with Crippen LogP contribution >= 0.6 is 0 Å². The van der Waals surface area contributed by atoms with Crippen molar-refractivity contribution in [2.45, 2.75) is 85.1 Å². The highest BCUT2D eigenvalue weighted by molar-refractivity contribution is 6.41. The first kappa shape index (κ1) is 23.7. The lowest BCUT2D eigenvalue weighted by Gasteiger charge is -2.38. The number of amidine groups is 1. The van der Waals surface area contributed by atoms with E-state index in [0.717, 1.165) is 69.1 Å². The first-order chi connectivity index (χ1) is 14.0. The van der Waals surface area contributed by atoms with E-state index in [2.05, 4.69) is 44.5 Å². The van der Waals surface area contributed by atoms with Gasteiger partial charge in [-0.3, -0.25) is 14.9 Å². The summed E-state index contributed by atoms with van der Waals surface area (Å²) in [4.78, 5) is 12.2. The number of hydrogen-bond acceptors (Lipinski definition) is 5. The van der Waals surface area contributed by atoms with Crippen molar-refractivity contribution in [2.75, 3.05) is 26.2 Å². The third-order valence-corrected chi connectivity index (χ3v) is 6.22. The van der Waals surface area contributed by atoms with Crippen LogP contribution in [0.5, 0.6) is 0 Å². The molecule has 3 N–H and O–H groups in total. The van der Waals surface area contributed by atoms with Gasteiger partial charge in [-0.2, -0.15) is 0 Å². The van der Waals surface area contributed by atoms with E-state index in [-0.39, 0.29) is 6.04 Å². The number of hydrogen-bond donors (Lipinski definition) is 2. The third-order valence-electron chi connectivity index (χ3n) is 6.22. The summed E-state index contributed by atoms with van der Waals surface area (Å²) in [6.45, 7) is 16.6. The Kier molecular flexibility index (Phi) is 9.92. The van der Waals surface area contributed by atoms with Gasteiger partial charge in [-0.1, -0.05) is 47.1 Å². The predicted molar refractivity (Wildman–Crippen MR) is 127 cm³/mol. The SMILES string of the molecule is C=C(N)C1CCCCN1CC1=C(C(CC)CCC)CN=C(/C(CC)=N/CCC)N1. The van der Waals surface area contributed by atoms with E-state index in [1.165, 1.54) is 37.0 Å². The molecule has 0 aromatic heterocycles. The number of nitrogens with zero attached hydrogens (tertiary/aromatic N) is 3. The highest BCUT2D eigenvalue weighted by Gasteiger charge is 2.28. The van der Waals surface area contributed by atoms with E-state index in [4.69, 9.17) is 15.7 Å². The zero-order valence-corrected chi connectivity index (χ0v) is 19.3. The average molecular weight is 402 g/mol. The maximum absolute atomic E-state index is 6.17. The molecule has 1 fully saturated rings. The predicted octanol–water partition coefficient (Wildman–Crippen LogP) is 4.66. The van der Waals surface area contributed by atoms with Gasteiger partial charge in [0, 0.05) is 30.5 Å². The fourth-order valence-electron chi connectivity index (χ4n) is 4.58. The number of nitrogens with one attached hydrogen (secondary N) is 1. The van der Waals surface area contributed by atoms with Crippen molar-refractivity contribution < 1.29 is 0 Å². The van der Waals surface area contributed by atoms with Crippen LogP contribution in [0.3, 0.4) is 0 Å². The number of nitrogens with two attached hydrogens (primary N) is 1. The van der Waals surface area contributed by atoms with Crippen LogP contribution < -0.4 is 11.1 Å². The zero-order valence-electron chi connectivity index (χ0n) is 19.3. The van der Waals surface area contributed by atoms with E-state index in [9.17, 15) is 0 Å². The van der Waals surface area contributed by atoms with Crippen LogP contribution in [0.4, 0.5) is 0 Å². The summed E-state index contributed by atoms with van der Waals surface area (Å²) in [5, 5.41) is 3.73. The van der Waals surface area contributed by atoms with Gasteiger partial charge in [0.1, 0.15) is 5.84 Å². The molecule has 2 rings (SSSR count). The van der Waals surface area contributed by atoms with Crippen LogP contribution in [0.25, 0.3) is 0 Å². The molecule has 164 valence electrons.